The van der Waals surface area contributed by atoms with Crippen molar-refractivity contribution in [1.29, 1.82) is 0 Å². The third kappa shape index (κ3) is 5.82. The SMILES string of the molecule is COCCCN(CCOC)Cc1cc(C(=O)O)no1. The van der Waals surface area contributed by atoms with Gasteiger partial charge in [0, 0.05) is 40.0 Å². The molecular formula is C12H20N2O5. The maximum atomic E-state index is 10.7. The van der Waals surface area contributed by atoms with Crippen molar-refractivity contribution < 1.29 is 23.9 Å². The largest absolute Gasteiger partial charge is 0.476 e. The highest BCUT2D eigenvalue weighted by Gasteiger charge is 2.13. The molecule has 1 N–H and O–H groups in total. The molecule has 7 heteroatoms. The van der Waals surface area contributed by atoms with Gasteiger partial charge in [-0.15, -0.1) is 0 Å². The number of carboxylic acid groups (broad SMARTS) is 1. The molecule has 0 aliphatic rings. The van der Waals surface area contributed by atoms with E-state index in [2.05, 4.69) is 10.1 Å². The molecule has 0 amide bonds. The van der Waals surface area contributed by atoms with Gasteiger partial charge in [-0.3, -0.25) is 4.90 Å². The lowest BCUT2D eigenvalue weighted by Gasteiger charge is -2.20. The van der Waals surface area contributed by atoms with E-state index in [1.165, 1.54) is 6.07 Å². The third-order valence-corrected chi connectivity index (χ3v) is 2.59. The number of methoxy groups -OCH3 is 2. The molecule has 0 saturated carbocycles. The zero-order chi connectivity index (χ0) is 14.1. The molecule has 0 aliphatic heterocycles. The molecule has 7 nitrogen and oxygen atoms in total. The van der Waals surface area contributed by atoms with Crippen LogP contribution in [0.15, 0.2) is 10.6 Å². The summed E-state index contributed by atoms with van der Waals surface area (Å²) in [6.45, 7) is 3.35. The standard InChI is InChI=1S/C12H20N2O5/c1-17-6-3-4-14(5-7-18-2)9-10-8-11(12(15)16)13-19-10/h8H,3-7,9H2,1-2H3,(H,15,16). The van der Waals surface area contributed by atoms with Crippen molar-refractivity contribution in [2.45, 2.75) is 13.0 Å². The molecule has 108 valence electrons. The first-order chi connectivity index (χ1) is 9.17. The number of hydrogen-bond donors (Lipinski definition) is 1. The summed E-state index contributed by atoms with van der Waals surface area (Å²) >= 11 is 0. The van der Waals surface area contributed by atoms with Gasteiger partial charge in [-0.1, -0.05) is 5.16 Å². The number of nitrogens with zero attached hydrogens (tertiary/aromatic N) is 2. The summed E-state index contributed by atoms with van der Waals surface area (Å²) in [5, 5.41) is 12.3. The fourth-order valence-electron chi connectivity index (χ4n) is 1.63. The fourth-order valence-corrected chi connectivity index (χ4v) is 1.63. The Morgan fingerprint density at radius 3 is 2.68 bits per heavy atom. The number of aromatic carboxylic acids is 1. The van der Waals surface area contributed by atoms with E-state index in [-0.39, 0.29) is 5.69 Å². The van der Waals surface area contributed by atoms with E-state index in [0.717, 1.165) is 19.5 Å². The summed E-state index contributed by atoms with van der Waals surface area (Å²) in [5.41, 5.74) is -0.0708. The van der Waals surface area contributed by atoms with Crippen LogP contribution < -0.4 is 0 Å². The highest BCUT2D eigenvalue weighted by molar-refractivity contribution is 5.85. The summed E-state index contributed by atoms with van der Waals surface area (Å²) in [6, 6.07) is 1.44. The zero-order valence-corrected chi connectivity index (χ0v) is 11.3. The number of carboxylic acids is 1. The first-order valence-corrected chi connectivity index (χ1v) is 6.06. The zero-order valence-electron chi connectivity index (χ0n) is 11.3. The lowest BCUT2D eigenvalue weighted by atomic mass is 10.3. The molecule has 1 rings (SSSR count). The first kappa shape index (κ1) is 15.6. The second-order valence-electron chi connectivity index (χ2n) is 4.10. The second kappa shape index (κ2) is 8.63. The van der Waals surface area contributed by atoms with E-state index >= 15 is 0 Å². The average Bonchev–Trinajstić information content (AvgIpc) is 2.84. The number of aromatic nitrogens is 1. The van der Waals surface area contributed by atoms with Gasteiger partial charge >= 0.3 is 5.97 Å². The number of carbonyl (C=O) groups is 1. The molecular weight excluding hydrogens is 252 g/mol. The Hall–Kier alpha value is -1.44. The molecule has 0 fully saturated rings. The van der Waals surface area contributed by atoms with Crippen LogP contribution in [0.5, 0.6) is 0 Å². The van der Waals surface area contributed by atoms with Crippen LogP contribution in [0, 0.1) is 0 Å². The lowest BCUT2D eigenvalue weighted by molar-refractivity contribution is 0.0685. The summed E-state index contributed by atoms with van der Waals surface area (Å²) < 4.78 is 15.1. The highest BCUT2D eigenvalue weighted by atomic mass is 16.5. The number of hydrogen-bond acceptors (Lipinski definition) is 6. The van der Waals surface area contributed by atoms with E-state index in [1.807, 2.05) is 0 Å². The average molecular weight is 272 g/mol. The smallest absolute Gasteiger partial charge is 0.358 e. The Bertz CT molecular complexity index is 380. The van der Waals surface area contributed by atoms with E-state index in [9.17, 15) is 4.79 Å². The van der Waals surface area contributed by atoms with Crippen LogP contribution in [0.2, 0.25) is 0 Å². The molecule has 0 aromatic carbocycles. The quantitative estimate of drug-likeness (QED) is 0.632. The highest BCUT2D eigenvalue weighted by Crippen LogP contribution is 2.08. The predicted octanol–water partition coefficient (Wildman–Crippen LogP) is 0.858. The first-order valence-electron chi connectivity index (χ1n) is 6.06. The van der Waals surface area contributed by atoms with Gasteiger partial charge in [-0.25, -0.2) is 4.79 Å². The van der Waals surface area contributed by atoms with Crippen LogP contribution in [0.3, 0.4) is 0 Å². The van der Waals surface area contributed by atoms with E-state index in [1.54, 1.807) is 14.2 Å². The topological polar surface area (TPSA) is 85.0 Å². The summed E-state index contributed by atoms with van der Waals surface area (Å²) in [4.78, 5) is 12.8. The Kier molecular flexibility index (Phi) is 7.09. The number of rotatable bonds is 10. The van der Waals surface area contributed by atoms with Crippen molar-refractivity contribution in [1.82, 2.24) is 10.1 Å². The van der Waals surface area contributed by atoms with Crippen molar-refractivity contribution in [2.75, 3.05) is 40.5 Å². The molecule has 19 heavy (non-hydrogen) atoms. The molecule has 0 atom stereocenters. The van der Waals surface area contributed by atoms with Crippen molar-refractivity contribution in [3.63, 3.8) is 0 Å². The summed E-state index contributed by atoms with van der Waals surface area (Å²) in [6.07, 6.45) is 0.889. The van der Waals surface area contributed by atoms with Crippen molar-refractivity contribution in [3.05, 3.63) is 17.5 Å². The second-order valence-corrected chi connectivity index (χ2v) is 4.10. The molecule has 0 saturated heterocycles. The van der Waals surface area contributed by atoms with Crippen molar-refractivity contribution >= 4 is 5.97 Å². The molecule has 0 spiro atoms. The van der Waals surface area contributed by atoms with Crippen LogP contribution in [-0.2, 0) is 16.0 Å². The minimum atomic E-state index is -1.09. The van der Waals surface area contributed by atoms with Gasteiger partial charge in [0.15, 0.2) is 11.5 Å². The number of ether oxygens (including phenoxy) is 2. The van der Waals surface area contributed by atoms with E-state index < -0.39 is 5.97 Å². The van der Waals surface area contributed by atoms with Crippen molar-refractivity contribution in [3.8, 4) is 0 Å². The molecule has 1 heterocycles. The van der Waals surface area contributed by atoms with E-state index in [4.69, 9.17) is 19.1 Å². The van der Waals surface area contributed by atoms with Crippen LogP contribution in [-0.4, -0.2) is 61.7 Å². The molecule has 1 aromatic heterocycles. The van der Waals surface area contributed by atoms with Gasteiger partial charge in [0.25, 0.3) is 0 Å². The van der Waals surface area contributed by atoms with Crippen LogP contribution in [0.25, 0.3) is 0 Å². The monoisotopic (exact) mass is 272 g/mol. The summed E-state index contributed by atoms with van der Waals surface area (Å²) in [7, 11) is 3.30. The van der Waals surface area contributed by atoms with E-state index in [0.29, 0.717) is 25.5 Å². The molecule has 0 radical (unpaired) electrons. The Labute approximate surface area is 112 Å². The minimum Gasteiger partial charge on any atom is -0.476 e. The Balaban J connectivity index is 2.51. The fraction of sp³-hybridized carbons (Fsp3) is 0.667. The van der Waals surface area contributed by atoms with Crippen LogP contribution >= 0.6 is 0 Å². The maximum Gasteiger partial charge on any atom is 0.358 e. The molecule has 0 aliphatic carbocycles. The van der Waals surface area contributed by atoms with Crippen LogP contribution in [0.4, 0.5) is 0 Å². The molecule has 0 bridgehead atoms. The molecule has 1 aromatic rings. The third-order valence-electron chi connectivity index (χ3n) is 2.59. The van der Waals surface area contributed by atoms with Gasteiger partial charge in [-0.2, -0.15) is 0 Å². The van der Waals surface area contributed by atoms with Gasteiger partial charge in [0.05, 0.1) is 13.2 Å². The van der Waals surface area contributed by atoms with Gasteiger partial charge in [0.2, 0.25) is 0 Å². The van der Waals surface area contributed by atoms with Gasteiger partial charge < -0.3 is 19.1 Å². The Morgan fingerprint density at radius 1 is 1.37 bits per heavy atom. The summed E-state index contributed by atoms with van der Waals surface area (Å²) in [5.74, 6) is -0.552. The van der Waals surface area contributed by atoms with Gasteiger partial charge in [-0.05, 0) is 6.42 Å². The molecule has 0 unspecified atom stereocenters. The lowest BCUT2D eigenvalue weighted by Crippen LogP contribution is -2.28. The van der Waals surface area contributed by atoms with Crippen molar-refractivity contribution in [2.24, 2.45) is 0 Å². The Morgan fingerprint density at radius 2 is 2.11 bits per heavy atom. The minimum absolute atomic E-state index is 0.0708. The van der Waals surface area contributed by atoms with Crippen LogP contribution in [0.1, 0.15) is 22.7 Å². The normalized spacial score (nSPS) is 11.1. The maximum absolute atomic E-state index is 10.7. The predicted molar refractivity (Wildman–Crippen MR) is 67.1 cm³/mol. The van der Waals surface area contributed by atoms with Gasteiger partial charge in [0.1, 0.15) is 0 Å².